The van der Waals surface area contributed by atoms with Gasteiger partial charge in [0.1, 0.15) is 0 Å². The van der Waals surface area contributed by atoms with E-state index in [1.165, 1.54) is 0 Å². The Hall–Kier alpha value is 59.6. The highest BCUT2D eigenvalue weighted by Crippen LogP contribution is -0.270. The maximum atomic E-state index is 0. The van der Waals surface area contributed by atoms with Crippen LogP contribution >= 0.6 is 0 Å². The van der Waals surface area contributed by atoms with E-state index in [1.807, 2.05) is 0 Å². The van der Waals surface area contributed by atoms with Gasteiger partial charge in [0.05, 0.1) is 0 Å². The molecule has 0 aromatic rings. The van der Waals surface area contributed by atoms with Gasteiger partial charge in [-0.05, 0) is 0 Å². The van der Waals surface area contributed by atoms with Crippen LogP contribution in [-0.2, 0) is 0 Å². The van der Waals surface area contributed by atoms with Crippen molar-refractivity contribution in [3.05, 3.63) is 0 Å². The van der Waals surface area contributed by atoms with Crippen molar-refractivity contribution in [1.82, 2.24) is 0 Å². The summed E-state index contributed by atoms with van der Waals surface area (Å²) in [5, 5.41) is 0. The Balaban J connectivity index is 0. The lowest BCUT2D eigenvalue weighted by Crippen LogP contribution is -0.382. The molecule has 0 bridgehead atoms. The smallest absolute Gasteiger partial charge is 0 e. The zero-order valence-corrected chi connectivity index (χ0v) is 194. The molecule has 0 heterocycles. The fourth-order valence-electron chi connectivity index (χ4n) is 0. The monoisotopic (exact) mass is 3020 g/mol. The van der Waals surface area contributed by atoms with E-state index >= 15 is 0 Å². The van der Waals surface area contributed by atoms with Crippen molar-refractivity contribution in [2.75, 3.05) is 0 Å². The van der Waals surface area contributed by atoms with Gasteiger partial charge in [0.15, 0.2) is 0 Å². The van der Waals surface area contributed by atoms with Crippen molar-refractivity contribution in [3.8, 4) is 0 Å². The highest BCUT2D eigenvalue weighted by atomic mass is 27.1. The van der Waals surface area contributed by atoms with Gasteiger partial charge < -0.3 is 0 Å². The molecule has 0 aliphatic heterocycles. The summed E-state index contributed by atoms with van der Waals surface area (Å²) in [6.45, 7) is 0. The molecule has 0 aliphatic carbocycles. The molecule has 336 radical (unpaired) electrons. The molecule has 0 nitrogen and oxygen atoms in total. The third-order valence-electron chi connectivity index (χ3n) is 0. The molecule has 112 heavy (non-hydrogen) atoms. The largest absolute Gasteiger partial charge is 0 e. The molecule has 112 heteroatoms. The first-order chi connectivity index (χ1) is 0. The van der Waals surface area contributed by atoms with Crippen molar-refractivity contribution in [2.45, 2.75) is 0 Å². The van der Waals surface area contributed by atoms with Gasteiger partial charge >= 0.3 is 0 Å². The van der Waals surface area contributed by atoms with Gasteiger partial charge in [-0.1, -0.05) is 0 Å². The molecule has 0 saturated carbocycles. The molecule has 336 valence electrons. The molecule has 0 aromatic carbocycles. The van der Waals surface area contributed by atoms with Gasteiger partial charge in [-0.3, -0.25) is 0 Å². The Labute approximate surface area is 1890 Å². The molecule has 0 rings (SSSR count). The Kier molecular flexibility index (Phi) is 17300. The first-order valence-electron chi connectivity index (χ1n) is 0. The first-order valence-corrected chi connectivity index (χ1v) is 0. The molecule has 0 aliphatic rings. The Morgan fingerprint density at radius 1 is 0.00893 bits per heavy atom. The molecule has 0 fully saturated rings. The van der Waals surface area contributed by atoms with Gasteiger partial charge in [-0.2, -0.15) is 0 Å². The average molecular weight is 3020 g/mol. The van der Waals surface area contributed by atoms with Gasteiger partial charge in [-0.25, -0.2) is 0 Å². The Morgan fingerprint density at radius 2 is 0.00893 bits per heavy atom. The van der Waals surface area contributed by atoms with Gasteiger partial charge in [0.25, 0.3) is 0 Å². The Morgan fingerprint density at radius 3 is 0.00893 bits per heavy atom. The lowest BCUT2D eigenvalue weighted by Gasteiger charge is -0.00100. The quantitative estimate of drug-likeness (QED) is 0.212. The summed E-state index contributed by atoms with van der Waals surface area (Å²) >= 11 is 0. The van der Waals surface area contributed by atoms with E-state index in [9.17, 15) is 0 Å². The molecule has 0 spiro atoms. The molecule has 0 aromatic heterocycles. The zero-order chi connectivity index (χ0) is 0. The van der Waals surface area contributed by atoms with Crippen LogP contribution in [0, 0.1) is 0 Å². The average Bonchev–Trinajstić information content (AvgIpc) is 0. The van der Waals surface area contributed by atoms with Gasteiger partial charge in [0.2, 0.25) is 0 Å². The van der Waals surface area contributed by atoms with E-state index in [2.05, 4.69) is 0 Å². The number of hydrogen-bond acceptors (Lipinski definition) is 0. The van der Waals surface area contributed by atoms with Crippen LogP contribution < -0.4 is 0 Å². The minimum Gasteiger partial charge on any atom is 0 e. The van der Waals surface area contributed by atoms with E-state index in [0.717, 1.165) is 0 Å². The predicted molar refractivity (Wildman–Crippen MR) is 644 cm³/mol. The third-order valence-corrected chi connectivity index (χ3v) is 0. The third kappa shape index (κ3) is 1360. The van der Waals surface area contributed by atoms with Crippen LogP contribution in [0.3, 0.4) is 0 Å². The summed E-state index contributed by atoms with van der Waals surface area (Å²) in [7, 11) is 0. The van der Waals surface area contributed by atoms with Crippen LogP contribution in [0.2, 0.25) is 0 Å². The molecular weight excluding hydrogens is 3020 g/mol. The second kappa shape index (κ2) is 1380. The number of hydrogen-bond donors (Lipinski definition) is 0. The van der Waals surface area contributed by atoms with Crippen molar-refractivity contribution in [2.24, 2.45) is 0 Å². The summed E-state index contributed by atoms with van der Waals surface area (Å²) in [6.07, 6.45) is 0. The summed E-state index contributed by atoms with van der Waals surface area (Å²) < 4.78 is 0. The number of rotatable bonds is 0. The Bertz CT molecular complexity index is 0. The fraction of sp³-hybridized carbons (Fsp3) is 0. The molecule has 0 unspecified atom stereocenters. The van der Waals surface area contributed by atoms with Gasteiger partial charge in [-0.15, -0.1) is 0 Å². The van der Waals surface area contributed by atoms with E-state index in [4.69, 9.17) is 0 Å². The lowest BCUT2D eigenvalue weighted by atomic mass is 27.0. The van der Waals surface area contributed by atoms with Crippen molar-refractivity contribution >= 4 is 1940 Å². The highest BCUT2D eigenvalue weighted by molar-refractivity contribution is 5.86. The highest BCUT2D eigenvalue weighted by Gasteiger charge is 0.111. The molecule has 0 atom stereocenters. The molecule has 0 N–H and O–H groups in total. The summed E-state index contributed by atoms with van der Waals surface area (Å²) in [5.41, 5.74) is 0. The molecule has 0 amide bonds. The second-order valence-electron chi connectivity index (χ2n) is 0. The van der Waals surface area contributed by atoms with E-state index in [0.29, 0.717) is 0 Å². The first kappa shape index (κ1) is 1410. The summed E-state index contributed by atoms with van der Waals surface area (Å²) in [4.78, 5) is 0. The normalized spacial score (nSPS) is 0. The van der Waals surface area contributed by atoms with E-state index in [-0.39, 0.29) is 1940 Å². The SMILES string of the molecule is [Al].[Al].[Al].[Al].[Al].[Al].[Al].[Al].[Al].[Al].[Al].[Al].[Al].[Al].[Al].[Al].[Al].[Al].[Al].[Al].[Al].[Al].[Al].[Al].[Al].[Al].[Al].[Al].[Al].[Al].[Al].[Al].[Al].[Al].[Al].[Al].[Al].[Al].[Al].[Al].[Al].[Al].[Al].[Al].[Al].[Al].[Al].[Al].[Al].[Al].[Al].[Al].[Al].[Al].[Al].[Al].[Al].[Al].[Al].[Al].[Al].[Al].[Al].[Al].[Al].[Al].[Al].[Al].[Al].[Al].[Al].[Al].[Al].[Al].[Al].[Al].[Al].[Al].[Al].[Al].[Al].[Al].[Al].[Al].[Al].[Al].[Al].[Al].[Al].[Al].[Al].[Al].[Al].[Al].[Al].[Al].[Al].[Al].[Al].[Al].[Al].[Al].[Al].[Al].[Al].[Al].[Al].[Al].[Al].[Al].[Al].[Al]. The maximum absolute atomic E-state index is 0. The minimum atomic E-state index is 0. The van der Waals surface area contributed by atoms with Gasteiger partial charge in [0, 0.05) is 1940 Å². The fourth-order valence-corrected chi connectivity index (χ4v) is 0. The minimum absolute atomic E-state index is 0. The van der Waals surface area contributed by atoms with Crippen LogP contribution in [0.1, 0.15) is 0 Å². The van der Waals surface area contributed by atoms with E-state index in [1.54, 1.807) is 0 Å². The van der Waals surface area contributed by atoms with Crippen LogP contribution in [0.4, 0.5) is 0 Å². The lowest BCUT2D eigenvalue weighted by molar-refractivity contribution is 5.75. The van der Waals surface area contributed by atoms with Crippen LogP contribution in [0.15, 0.2) is 0 Å². The van der Waals surface area contributed by atoms with Crippen LogP contribution in [0.25, 0.3) is 0 Å². The van der Waals surface area contributed by atoms with E-state index < -0.39 is 0 Å². The molecular formula is Al112. The second-order valence-corrected chi connectivity index (χ2v) is 0. The van der Waals surface area contributed by atoms with Crippen LogP contribution in [-0.4, -0.2) is 1940 Å². The summed E-state index contributed by atoms with van der Waals surface area (Å²) in [6, 6.07) is 0. The van der Waals surface area contributed by atoms with Crippen molar-refractivity contribution in [1.29, 1.82) is 0 Å². The standard InChI is InChI=1S/112Al. The zero-order valence-electron chi connectivity index (χ0n) is 64.7. The topological polar surface area (TPSA) is 0 Å². The molecule has 0 saturated heterocycles. The predicted octanol–water partition coefficient (Wildman–Crippen LogP) is -42.6. The van der Waals surface area contributed by atoms with Crippen molar-refractivity contribution < 1.29 is 0 Å². The van der Waals surface area contributed by atoms with Crippen molar-refractivity contribution in [3.63, 3.8) is 0 Å². The summed E-state index contributed by atoms with van der Waals surface area (Å²) in [5.74, 6) is 0. The maximum Gasteiger partial charge on any atom is 0 e. The van der Waals surface area contributed by atoms with Crippen LogP contribution in [0.5, 0.6) is 0 Å².